The second kappa shape index (κ2) is 4.96. The molecule has 2 fully saturated rings. The standard InChI is InChI=1S/C10H17F2NO.C2H6/c1-3-14-5-8-4-9(7-13(8)2)6-10(9,11)12;1-2/h8H,3-7H2,1-2H3;1-2H3. The molecule has 4 heteroatoms. The molecule has 1 spiro atoms. The number of likely N-dealkylation sites (tertiary alicyclic amines) is 1. The van der Waals surface area contributed by atoms with Crippen LogP contribution in [0.4, 0.5) is 8.78 Å². The van der Waals surface area contributed by atoms with Crippen LogP contribution in [0.3, 0.4) is 0 Å². The molecular weight excluding hydrogens is 212 g/mol. The maximum absolute atomic E-state index is 13.1. The highest BCUT2D eigenvalue weighted by Gasteiger charge is 2.73. The molecule has 1 saturated heterocycles. The molecule has 0 aromatic heterocycles. The fourth-order valence-corrected chi connectivity index (χ4v) is 2.49. The summed E-state index contributed by atoms with van der Waals surface area (Å²) < 4.78 is 31.5. The lowest BCUT2D eigenvalue weighted by Gasteiger charge is -2.18. The van der Waals surface area contributed by atoms with Gasteiger partial charge in [-0.2, -0.15) is 0 Å². The molecule has 2 unspecified atom stereocenters. The lowest BCUT2D eigenvalue weighted by molar-refractivity contribution is 0.0666. The summed E-state index contributed by atoms with van der Waals surface area (Å²) in [5, 5.41) is 0. The molecule has 0 aromatic rings. The van der Waals surface area contributed by atoms with Gasteiger partial charge in [-0.15, -0.1) is 0 Å². The molecule has 96 valence electrons. The average molecular weight is 235 g/mol. The predicted octanol–water partition coefficient (Wildman–Crippen LogP) is 2.78. The van der Waals surface area contributed by atoms with Gasteiger partial charge in [-0.1, -0.05) is 13.8 Å². The zero-order valence-corrected chi connectivity index (χ0v) is 10.7. The fraction of sp³-hybridized carbons (Fsp3) is 1.00. The second-order valence-corrected chi connectivity index (χ2v) is 4.59. The van der Waals surface area contributed by atoms with Crippen molar-refractivity contribution < 1.29 is 13.5 Å². The second-order valence-electron chi connectivity index (χ2n) is 4.59. The van der Waals surface area contributed by atoms with Crippen LogP contribution in [0.1, 0.15) is 33.6 Å². The van der Waals surface area contributed by atoms with Crippen molar-refractivity contribution in [2.24, 2.45) is 5.41 Å². The van der Waals surface area contributed by atoms with E-state index >= 15 is 0 Å². The molecule has 0 aromatic carbocycles. The fourth-order valence-electron chi connectivity index (χ4n) is 2.49. The molecule has 1 aliphatic heterocycles. The molecule has 16 heavy (non-hydrogen) atoms. The van der Waals surface area contributed by atoms with Crippen molar-refractivity contribution in [3.63, 3.8) is 0 Å². The van der Waals surface area contributed by atoms with Gasteiger partial charge >= 0.3 is 0 Å². The van der Waals surface area contributed by atoms with E-state index in [1.54, 1.807) is 0 Å². The number of hydrogen-bond acceptors (Lipinski definition) is 2. The number of hydrogen-bond donors (Lipinski definition) is 0. The molecule has 1 aliphatic carbocycles. The topological polar surface area (TPSA) is 12.5 Å². The van der Waals surface area contributed by atoms with Crippen LogP contribution < -0.4 is 0 Å². The van der Waals surface area contributed by atoms with Crippen LogP contribution >= 0.6 is 0 Å². The van der Waals surface area contributed by atoms with Gasteiger partial charge in [0.15, 0.2) is 0 Å². The first-order chi connectivity index (χ1) is 7.51. The number of ether oxygens (including phenoxy) is 1. The number of alkyl halides is 2. The van der Waals surface area contributed by atoms with Crippen LogP contribution in [0, 0.1) is 5.41 Å². The smallest absolute Gasteiger partial charge is 0.255 e. The van der Waals surface area contributed by atoms with Crippen molar-refractivity contribution in [1.82, 2.24) is 4.90 Å². The van der Waals surface area contributed by atoms with Gasteiger partial charge < -0.3 is 9.64 Å². The Morgan fingerprint density at radius 1 is 1.38 bits per heavy atom. The SMILES string of the molecule is CC.CCOCC1CC2(CN1C)CC2(F)F. The summed E-state index contributed by atoms with van der Waals surface area (Å²) in [5.41, 5.74) is -0.705. The minimum atomic E-state index is -2.41. The third-order valence-corrected chi connectivity index (χ3v) is 3.53. The van der Waals surface area contributed by atoms with Crippen LogP contribution in [0.15, 0.2) is 0 Å². The van der Waals surface area contributed by atoms with Crippen molar-refractivity contribution in [3.8, 4) is 0 Å². The molecule has 0 amide bonds. The summed E-state index contributed by atoms with van der Waals surface area (Å²) in [6, 6.07) is 0.184. The van der Waals surface area contributed by atoms with E-state index in [-0.39, 0.29) is 12.5 Å². The van der Waals surface area contributed by atoms with Gasteiger partial charge in [-0.05, 0) is 20.4 Å². The summed E-state index contributed by atoms with van der Waals surface area (Å²) in [7, 11) is 1.91. The minimum absolute atomic E-state index is 0.0764. The first-order valence-electron chi connectivity index (χ1n) is 6.16. The number of halogens is 2. The molecule has 0 N–H and O–H groups in total. The van der Waals surface area contributed by atoms with E-state index in [2.05, 4.69) is 0 Å². The van der Waals surface area contributed by atoms with Crippen molar-refractivity contribution in [3.05, 3.63) is 0 Å². The molecule has 0 bridgehead atoms. The van der Waals surface area contributed by atoms with E-state index in [0.717, 1.165) is 0 Å². The lowest BCUT2D eigenvalue weighted by atomic mass is 10.0. The van der Waals surface area contributed by atoms with E-state index in [9.17, 15) is 8.78 Å². The molecule has 1 heterocycles. The Kier molecular flexibility index (Phi) is 4.29. The van der Waals surface area contributed by atoms with Crippen molar-refractivity contribution in [2.45, 2.75) is 45.6 Å². The van der Waals surface area contributed by atoms with E-state index in [1.807, 2.05) is 32.7 Å². The van der Waals surface area contributed by atoms with E-state index in [1.165, 1.54) is 0 Å². The molecule has 2 aliphatic rings. The van der Waals surface area contributed by atoms with Crippen LogP contribution in [-0.4, -0.2) is 43.7 Å². The van der Waals surface area contributed by atoms with Gasteiger partial charge in [-0.25, -0.2) is 8.78 Å². The maximum atomic E-state index is 13.1. The Bertz CT molecular complexity index is 235. The Balaban J connectivity index is 0.000000606. The van der Waals surface area contributed by atoms with Crippen molar-refractivity contribution in [1.29, 1.82) is 0 Å². The van der Waals surface area contributed by atoms with E-state index in [4.69, 9.17) is 4.74 Å². The van der Waals surface area contributed by atoms with Crippen LogP contribution in [0.2, 0.25) is 0 Å². The monoisotopic (exact) mass is 235 g/mol. The first-order valence-corrected chi connectivity index (χ1v) is 6.16. The van der Waals surface area contributed by atoms with E-state index < -0.39 is 11.3 Å². The molecule has 0 radical (unpaired) electrons. The van der Waals surface area contributed by atoms with Gasteiger partial charge in [-0.3, -0.25) is 0 Å². The molecule has 2 rings (SSSR count). The quantitative estimate of drug-likeness (QED) is 0.746. The van der Waals surface area contributed by atoms with Gasteiger partial charge in [0.1, 0.15) is 0 Å². The van der Waals surface area contributed by atoms with Crippen LogP contribution in [0.25, 0.3) is 0 Å². The largest absolute Gasteiger partial charge is 0.380 e. The highest BCUT2D eigenvalue weighted by Crippen LogP contribution is 2.65. The molecule has 2 atom stereocenters. The Hall–Kier alpha value is -0.220. The van der Waals surface area contributed by atoms with Gasteiger partial charge in [0.25, 0.3) is 5.92 Å². The number of likely N-dealkylation sites (N-methyl/N-ethyl adjacent to an activating group) is 1. The predicted molar refractivity (Wildman–Crippen MR) is 60.9 cm³/mol. The summed E-state index contributed by atoms with van der Waals surface area (Å²) in [6.07, 6.45) is 0.670. The number of nitrogens with zero attached hydrogens (tertiary/aromatic N) is 1. The first kappa shape index (κ1) is 13.8. The lowest BCUT2D eigenvalue weighted by Crippen LogP contribution is -2.29. The zero-order chi connectivity index (χ0) is 12.4. The van der Waals surface area contributed by atoms with Crippen molar-refractivity contribution in [2.75, 3.05) is 26.8 Å². The molecular formula is C12H23F2NO. The number of rotatable bonds is 3. The molecule has 1 saturated carbocycles. The van der Waals surface area contributed by atoms with Crippen LogP contribution in [0.5, 0.6) is 0 Å². The third-order valence-electron chi connectivity index (χ3n) is 3.53. The normalized spacial score (nSPS) is 36.0. The average Bonchev–Trinajstić information content (AvgIpc) is 2.61. The third kappa shape index (κ3) is 2.38. The van der Waals surface area contributed by atoms with Gasteiger partial charge in [0.05, 0.1) is 12.0 Å². The summed E-state index contributed by atoms with van der Waals surface area (Å²) in [5.74, 6) is -2.41. The van der Waals surface area contributed by atoms with Crippen molar-refractivity contribution >= 4 is 0 Å². The minimum Gasteiger partial charge on any atom is -0.380 e. The Morgan fingerprint density at radius 3 is 2.31 bits per heavy atom. The summed E-state index contributed by atoms with van der Waals surface area (Å²) >= 11 is 0. The Labute approximate surface area is 97.0 Å². The summed E-state index contributed by atoms with van der Waals surface area (Å²) in [6.45, 7) is 7.70. The van der Waals surface area contributed by atoms with E-state index in [0.29, 0.717) is 26.2 Å². The van der Waals surface area contributed by atoms with Crippen LogP contribution in [-0.2, 0) is 4.74 Å². The van der Waals surface area contributed by atoms with Gasteiger partial charge in [0, 0.05) is 25.6 Å². The highest BCUT2D eigenvalue weighted by atomic mass is 19.3. The van der Waals surface area contributed by atoms with Gasteiger partial charge in [0.2, 0.25) is 0 Å². The zero-order valence-electron chi connectivity index (χ0n) is 10.7. The highest BCUT2D eigenvalue weighted by molar-refractivity contribution is 5.16. The Morgan fingerprint density at radius 2 is 1.94 bits per heavy atom. The maximum Gasteiger partial charge on any atom is 0.255 e. The molecule has 2 nitrogen and oxygen atoms in total. The summed E-state index contributed by atoms with van der Waals surface area (Å²) in [4.78, 5) is 2.01.